The SMILES string of the molecule is CCN(CC)CCCC(C)N=C(Nc1cccc(Cl)c1)c1ccccc1. The van der Waals surface area contributed by atoms with Gasteiger partial charge < -0.3 is 10.2 Å². The highest BCUT2D eigenvalue weighted by atomic mass is 35.5. The van der Waals surface area contributed by atoms with E-state index in [4.69, 9.17) is 16.6 Å². The van der Waals surface area contributed by atoms with Crippen molar-refractivity contribution < 1.29 is 0 Å². The van der Waals surface area contributed by atoms with Crippen molar-refractivity contribution >= 4 is 23.1 Å². The van der Waals surface area contributed by atoms with Crippen molar-refractivity contribution in [1.29, 1.82) is 0 Å². The number of hydrogen-bond acceptors (Lipinski definition) is 2. The number of nitrogens with zero attached hydrogens (tertiary/aromatic N) is 2. The molecule has 2 aromatic rings. The molecule has 4 heteroatoms. The fourth-order valence-corrected chi connectivity index (χ4v) is 3.10. The molecule has 0 fully saturated rings. The maximum absolute atomic E-state index is 6.12. The van der Waals surface area contributed by atoms with Gasteiger partial charge in [0.2, 0.25) is 0 Å². The summed E-state index contributed by atoms with van der Waals surface area (Å²) in [7, 11) is 0. The van der Waals surface area contributed by atoms with Crippen LogP contribution >= 0.6 is 11.6 Å². The van der Waals surface area contributed by atoms with Crippen LogP contribution in [0.1, 0.15) is 39.2 Å². The summed E-state index contributed by atoms with van der Waals surface area (Å²) in [5.41, 5.74) is 2.04. The molecule has 0 bridgehead atoms. The first-order chi connectivity index (χ1) is 12.6. The van der Waals surface area contributed by atoms with E-state index in [-0.39, 0.29) is 6.04 Å². The van der Waals surface area contributed by atoms with Crippen molar-refractivity contribution in [2.45, 2.75) is 39.7 Å². The summed E-state index contributed by atoms with van der Waals surface area (Å²) in [5.74, 6) is 0.892. The highest BCUT2D eigenvalue weighted by Crippen LogP contribution is 2.17. The normalized spacial score (nSPS) is 13.0. The second-order valence-corrected chi connectivity index (χ2v) is 6.93. The van der Waals surface area contributed by atoms with Crippen LogP contribution in [0.2, 0.25) is 5.02 Å². The van der Waals surface area contributed by atoms with Crippen LogP contribution in [-0.2, 0) is 0 Å². The Bertz CT molecular complexity index is 681. The lowest BCUT2D eigenvalue weighted by Crippen LogP contribution is -2.24. The Hall–Kier alpha value is -1.84. The number of amidine groups is 1. The van der Waals surface area contributed by atoms with Crippen molar-refractivity contribution in [3.8, 4) is 0 Å². The van der Waals surface area contributed by atoms with Gasteiger partial charge in [-0.2, -0.15) is 0 Å². The zero-order valence-corrected chi connectivity index (χ0v) is 16.8. The molecular formula is C22H30ClN3. The van der Waals surface area contributed by atoms with Gasteiger partial charge in [0, 0.05) is 22.3 Å². The van der Waals surface area contributed by atoms with Crippen LogP contribution in [0.5, 0.6) is 0 Å². The first kappa shape index (κ1) is 20.5. The Kier molecular flexibility index (Phi) is 8.66. The molecular weight excluding hydrogens is 342 g/mol. The molecule has 26 heavy (non-hydrogen) atoms. The standard InChI is InChI=1S/C22H30ClN3/c1-4-26(5-2)16-10-11-18(3)24-22(19-12-7-6-8-13-19)25-21-15-9-14-20(23)17-21/h6-9,12-15,17-18H,4-5,10-11,16H2,1-3H3,(H,24,25). The van der Waals surface area contributed by atoms with Crippen LogP contribution in [0.4, 0.5) is 5.69 Å². The van der Waals surface area contributed by atoms with E-state index in [9.17, 15) is 0 Å². The molecule has 0 amide bonds. The van der Waals surface area contributed by atoms with Gasteiger partial charge in [-0.25, -0.2) is 0 Å². The van der Waals surface area contributed by atoms with E-state index < -0.39 is 0 Å². The van der Waals surface area contributed by atoms with Crippen LogP contribution in [0.15, 0.2) is 59.6 Å². The van der Waals surface area contributed by atoms with E-state index in [2.05, 4.69) is 43.1 Å². The van der Waals surface area contributed by atoms with Crippen LogP contribution in [0, 0.1) is 0 Å². The van der Waals surface area contributed by atoms with Crippen LogP contribution < -0.4 is 5.32 Å². The van der Waals surface area contributed by atoms with Crippen molar-refractivity contribution in [1.82, 2.24) is 4.90 Å². The average Bonchev–Trinajstić information content (AvgIpc) is 2.65. The number of anilines is 1. The Morgan fingerprint density at radius 2 is 1.81 bits per heavy atom. The molecule has 0 aliphatic carbocycles. The molecule has 2 aromatic carbocycles. The molecule has 1 unspecified atom stereocenters. The number of aliphatic imine (C=N–C) groups is 1. The molecule has 0 radical (unpaired) electrons. The maximum Gasteiger partial charge on any atom is 0.132 e. The summed E-state index contributed by atoms with van der Waals surface area (Å²) >= 11 is 6.12. The Balaban J connectivity index is 2.09. The average molecular weight is 372 g/mol. The minimum absolute atomic E-state index is 0.257. The maximum atomic E-state index is 6.12. The molecule has 0 spiro atoms. The third-order valence-electron chi connectivity index (χ3n) is 4.47. The lowest BCUT2D eigenvalue weighted by molar-refractivity contribution is 0.294. The van der Waals surface area contributed by atoms with Crippen molar-refractivity contribution in [2.75, 3.05) is 25.0 Å². The van der Waals surface area contributed by atoms with Crippen LogP contribution in [0.3, 0.4) is 0 Å². The third-order valence-corrected chi connectivity index (χ3v) is 4.71. The molecule has 0 heterocycles. The van der Waals surface area contributed by atoms with Gasteiger partial charge >= 0.3 is 0 Å². The predicted molar refractivity (Wildman–Crippen MR) is 115 cm³/mol. The summed E-state index contributed by atoms with van der Waals surface area (Å²) in [4.78, 5) is 7.42. The zero-order chi connectivity index (χ0) is 18.8. The fraction of sp³-hybridized carbons (Fsp3) is 0.409. The Morgan fingerprint density at radius 1 is 1.08 bits per heavy atom. The molecule has 0 aliphatic heterocycles. The van der Waals surface area contributed by atoms with Gasteiger partial charge in [-0.1, -0.05) is 61.8 Å². The van der Waals surface area contributed by atoms with E-state index in [0.29, 0.717) is 0 Å². The summed E-state index contributed by atoms with van der Waals surface area (Å²) in [6.45, 7) is 9.97. The van der Waals surface area contributed by atoms with Gasteiger partial charge in [0.05, 0.1) is 0 Å². The van der Waals surface area contributed by atoms with Crippen LogP contribution in [-0.4, -0.2) is 36.4 Å². The summed E-state index contributed by atoms with van der Waals surface area (Å²) < 4.78 is 0. The van der Waals surface area contributed by atoms with E-state index in [0.717, 1.165) is 54.6 Å². The van der Waals surface area contributed by atoms with Gasteiger partial charge in [0.15, 0.2) is 0 Å². The monoisotopic (exact) mass is 371 g/mol. The molecule has 0 saturated heterocycles. The molecule has 2 rings (SSSR count). The second kappa shape index (κ2) is 11.0. The molecule has 0 saturated carbocycles. The van der Waals surface area contributed by atoms with E-state index in [1.807, 2.05) is 42.5 Å². The third kappa shape index (κ3) is 6.81. The Labute approximate surface area is 163 Å². The summed E-state index contributed by atoms with van der Waals surface area (Å²) in [6.07, 6.45) is 2.23. The fourth-order valence-electron chi connectivity index (χ4n) is 2.91. The van der Waals surface area contributed by atoms with Crippen LogP contribution in [0.25, 0.3) is 0 Å². The van der Waals surface area contributed by atoms with Gasteiger partial charge in [0.1, 0.15) is 5.84 Å². The first-order valence-electron chi connectivity index (χ1n) is 9.50. The van der Waals surface area contributed by atoms with Crippen molar-refractivity contribution in [3.05, 3.63) is 65.2 Å². The second-order valence-electron chi connectivity index (χ2n) is 6.50. The van der Waals surface area contributed by atoms with Gasteiger partial charge in [-0.15, -0.1) is 0 Å². The molecule has 3 nitrogen and oxygen atoms in total. The van der Waals surface area contributed by atoms with Gasteiger partial charge in [-0.05, 0) is 57.6 Å². The van der Waals surface area contributed by atoms with E-state index in [1.54, 1.807) is 0 Å². The summed E-state index contributed by atoms with van der Waals surface area (Å²) in [5, 5.41) is 4.16. The van der Waals surface area contributed by atoms with E-state index >= 15 is 0 Å². The smallest absolute Gasteiger partial charge is 0.132 e. The molecule has 0 aliphatic rings. The molecule has 1 N–H and O–H groups in total. The number of halogens is 1. The minimum Gasteiger partial charge on any atom is -0.340 e. The van der Waals surface area contributed by atoms with Crippen molar-refractivity contribution in [2.24, 2.45) is 4.99 Å². The molecule has 0 aromatic heterocycles. The van der Waals surface area contributed by atoms with Crippen molar-refractivity contribution in [3.63, 3.8) is 0 Å². The number of benzene rings is 2. The lowest BCUT2D eigenvalue weighted by atomic mass is 10.1. The quantitative estimate of drug-likeness (QED) is 0.451. The highest BCUT2D eigenvalue weighted by molar-refractivity contribution is 6.31. The Morgan fingerprint density at radius 3 is 2.46 bits per heavy atom. The largest absolute Gasteiger partial charge is 0.340 e. The minimum atomic E-state index is 0.257. The molecule has 1 atom stereocenters. The first-order valence-corrected chi connectivity index (χ1v) is 9.88. The topological polar surface area (TPSA) is 27.6 Å². The predicted octanol–water partition coefficient (Wildman–Crippen LogP) is 5.71. The summed E-state index contributed by atoms with van der Waals surface area (Å²) in [6, 6.07) is 18.3. The lowest BCUT2D eigenvalue weighted by Gasteiger charge is -2.19. The number of hydrogen-bond donors (Lipinski definition) is 1. The van der Waals surface area contributed by atoms with Gasteiger partial charge in [-0.3, -0.25) is 4.99 Å². The highest BCUT2D eigenvalue weighted by Gasteiger charge is 2.08. The van der Waals surface area contributed by atoms with E-state index in [1.165, 1.54) is 0 Å². The molecule has 140 valence electrons. The van der Waals surface area contributed by atoms with Gasteiger partial charge in [0.25, 0.3) is 0 Å². The zero-order valence-electron chi connectivity index (χ0n) is 16.1. The number of rotatable bonds is 9. The number of nitrogens with one attached hydrogen (secondary N) is 1.